The molecule has 24 heavy (non-hydrogen) atoms. The molecule has 4 N–H and O–H groups in total. The number of hydrogen-bond acceptors (Lipinski definition) is 8. The third-order valence-electron chi connectivity index (χ3n) is 1.33. The Balaban J connectivity index is -0.0000000579. The monoisotopic (exact) mass is 512 g/mol. The van der Waals surface area contributed by atoms with Gasteiger partial charge < -0.3 is 121 Å². The molecule has 0 aromatic heterocycles. The molecular weight excluding hydrogens is 501 g/mol. The summed E-state index contributed by atoms with van der Waals surface area (Å²) in [7, 11) is 0. The van der Waals surface area contributed by atoms with Gasteiger partial charge in [-0.2, -0.15) is 0 Å². The van der Waals surface area contributed by atoms with E-state index in [9.17, 15) is 0 Å². The van der Waals surface area contributed by atoms with Crippen LogP contribution in [-0.4, -0.2) is 43.5 Å². The first-order chi connectivity index (χ1) is 9.25. The minimum atomic E-state index is 0. The fourth-order valence-electron chi connectivity index (χ4n) is 0.658. The summed E-state index contributed by atoms with van der Waals surface area (Å²) in [6.45, 7) is 2.66. The van der Waals surface area contributed by atoms with Crippen LogP contribution < -0.4 is 139 Å². The maximum absolute atomic E-state index is 4.59. The van der Waals surface area contributed by atoms with Gasteiger partial charge in [0.2, 0.25) is 0 Å². The maximum Gasteiger partial charge on any atom is 1.00 e. The van der Waals surface area contributed by atoms with Gasteiger partial charge in [-0.05, 0) is 0 Å². The summed E-state index contributed by atoms with van der Waals surface area (Å²) in [5, 5.41) is 11.1. The second-order valence-corrected chi connectivity index (χ2v) is 7.16. The molecular formula is C8H12N4Na4S8. The van der Waals surface area contributed by atoms with E-state index in [1.54, 1.807) is 0 Å². The third-order valence-corrected chi connectivity index (χ3v) is 2.48. The van der Waals surface area contributed by atoms with Crippen molar-refractivity contribution in [3.05, 3.63) is 0 Å². The van der Waals surface area contributed by atoms with Crippen molar-refractivity contribution >= 4 is 117 Å². The molecule has 0 aromatic rings. The molecule has 116 valence electrons. The van der Waals surface area contributed by atoms with Crippen LogP contribution >= 0.6 is 48.9 Å². The van der Waals surface area contributed by atoms with Crippen LogP contribution in [0.2, 0.25) is 0 Å². The minimum absolute atomic E-state index is 0. The van der Waals surface area contributed by atoms with Gasteiger partial charge in [-0.15, -0.1) is 0 Å². The fraction of sp³-hybridized carbons (Fsp3) is 0.500. The van der Waals surface area contributed by atoms with Crippen molar-refractivity contribution < 1.29 is 118 Å². The molecule has 0 aliphatic rings. The van der Waals surface area contributed by atoms with Crippen LogP contribution in [0.1, 0.15) is 0 Å². The van der Waals surface area contributed by atoms with Gasteiger partial charge in [0.1, 0.15) is 0 Å². The summed E-state index contributed by atoms with van der Waals surface area (Å²) < 4.78 is 1.49. The summed E-state index contributed by atoms with van der Waals surface area (Å²) in [4.78, 5) is 0. The average Bonchev–Trinajstić information content (AvgIpc) is 2.30. The number of thiocarbonyl (C=S) groups is 4. The first-order valence-electron chi connectivity index (χ1n) is 5.05. The fourth-order valence-corrected chi connectivity index (χ4v) is 1.47. The van der Waals surface area contributed by atoms with Crippen LogP contribution in [0.3, 0.4) is 0 Å². The SMILES string of the molecule is S=C([S-])NCCNC(=S)[S-].S=C([S-])NCCNC(=S)[S-].[Na+].[Na+].[Na+].[Na+]. The van der Waals surface area contributed by atoms with E-state index in [1.807, 2.05) is 0 Å². The van der Waals surface area contributed by atoms with E-state index >= 15 is 0 Å². The topological polar surface area (TPSA) is 48.1 Å². The summed E-state index contributed by atoms with van der Waals surface area (Å²) in [6, 6.07) is 0. The molecule has 0 amide bonds. The summed E-state index contributed by atoms with van der Waals surface area (Å²) in [5.41, 5.74) is 0. The molecule has 0 spiro atoms. The standard InChI is InChI=1S/2C4H8N2S4.4Na/c2*7-3(8)5-1-2-6-4(9)10;;;;/h2*1-2H2,(H2,5,7,8)(H2,6,9,10);;;;/q;;4*+1/p-4. The van der Waals surface area contributed by atoms with E-state index in [4.69, 9.17) is 0 Å². The van der Waals surface area contributed by atoms with Crippen molar-refractivity contribution in [2.75, 3.05) is 26.2 Å². The molecule has 0 saturated carbocycles. The van der Waals surface area contributed by atoms with Gasteiger partial charge in [-0.25, -0.2) is 0 Å². The van der Waals surface area contributed by atoms with Gasteiger partial charge >= 0.3 is 118 Å². The van der Waals surface area contributed by atoms with Gasteiger partial charge in [-0.1, -0.05) is 17.3 Å². The van der Waals surface area contributed by atoms with Crippen LogP contribution in [0.4, 0.5) is 0 Å². The van der Waals surface area contributed by atoms with Gasteiger partial charge in [0.25, 0.3) is 0 Å². The zero-order valence-electron chi connectivity index (χ0n) is 14.1. The van der Waals surface area contributed by atoms with Crippen molar-refractivity contribution in [1.29, 1.82) is 0 Å². The van der Waals surface area contributed by atoms with Crippen LogP contribution in [0.5, 0.6) is 0 Å². The van der Waals surface area contributed by atoms with E-state index in [2.05, 4.69) is 121 Å². The molecule has 0 fully saturated rings. The predicted molar refractivity (Wildman–Crippen MR) is 112 cm³/mol. The molecule has 0 unspecified atom stereocenters. The summed E-state index contributed by atoms with van der Waals surface area (Å²) >= 11 is 36.7. The molecule has 0 rings (SSSR count). The Bertz CT molecular complexity index is 286. The Morgan fingerprint density at radius 1 is 0.458 bits per heavy atom. The van der Waals surface area contributed by atoms with Crippen molar-refractivity contribution in [3.8, 4) is 0 Å². The molecule has 0 bridgehead atoms. The van der Waals surface area contributed by atoms with Crippen LogP contribution in [0, 0.1) is 0 Å². The molecule has 0 saturated heterocycles. The first-order valence-corrected chi connectivity index (χ1v) is 8.31. The third kappa shape index (κ3) is 50.3. The average molecular weight is 513 g/mol. The van der Waals surface area contributed by atoms with Gasteiger partial charge in [0.05, 0.1) is 0 Å². The van der Waals surface area contributed by atoms with Gasteiger partial charge in [0, 0.05) is 26.2 Å². The Hall–Kier alpha value is 4.44. The van der Waals surface area contributed by atoms with E-state index in [0.29, 0.717) is 43.5 Å². The maximum atomic E-state index is 4.59. The molecule has 16 heteroatoms. The van der Waals surface area contributed by atoms with E-state index < -0.39 is 0 Å². The number of rotatable bonds is 6. The minimum Gasteiger partial charge on any atom is -0.412 e. The summed E-state index contributed by atoms with van der Waals surface area (Å²) in [5.74, 6) is 0. The largest absolute Gasteiger partial charge is 1.00 e. The second-order valence-electron chi connectivity index (χ2n) is 2.86. The smallest absolute Gasteiger partial charge is 0.412 e. The van der Waals surface area contributed by atoms with Crippen molar-refractivity contribution in [2.45, 2.75) is 0 Å². The quantitative estimate of drug-likeness (QED) is 0.118. The molecule has 0 aliphatic heterocycles. The van der Waals surface area contributed by atoms with Crippen molar-refractivity contribution in [1.82, 2.24) is 21.3 Å². The first kappa shape index (κ1) is 42.5. The molecule has 0 atom stereocenters. The number of hydrogen-bond donors (Lipinski definition) is 4. The zero-order chi connectivity index (χ0) is 16.0. The Labute approximate surface area is 276 Å². The van der Waals surface area contributed by atoms with E-state index in [1.165, 1.54) is 0 Å². The molecule has 4 nitrogen and oxygen atoms in total. The second kappa shape index (κ2) is 32.1. The van der Waals surface area contributed by atoms with E-state index in [-0.39, 0.29) is 118 Å². The zero-order valence-corrected chi connectivity index (χ0v) is 28.6. The van der Waals surface area contributed by atoms with Crippen LogP contribution in [0.25, 0.3) is 0 Å². The number of nitrogens with one attached hydrogen (secondary N) is 4. The normalized spacial score (nSPS) is 7.00. The summed E-state index contributed by atoms with van der Waals surface area (Å²) in [6.07, 6.45) is 0. The predicted octanol–water partition coefficient (Wildman–Crippen LogP) is -12.3. The Morgan fingerprint density at radius 2 is 0.583 bits per heavy atom. The Morgan fingerprint density at radius 3 is 0.667 bits per heavy atom. The van der Waals surface area contributed by atoms with Crippen LogP contribution in [-0.2, 0) is 50.5 Å². The van der Waals surface area contributed by atoms with Crippen molar-refractivity contribution in [3.63, 3.8) is 0 Å². The van der Waals surface area contributed by atoms with Crippen LogP contribution in [0.15, 0.2) is 0 Å². The molecule has 0 heterocycles. The molecule has 0 aromatic carbocycles. The molecule has 0 radical (unpaired) electrons. The van der Waals surface area contributed by atoms with Crippen molar-refractivity contribution in [2.24, 2.45) is 0 Å². The Kier molecular flexibility index (Phi) is 56.9. The van der Waals surface area contributed by atoms with Gasteiger partial charge in [0.15, 0.2) is 0 Å². The molecule has 0 aliphatic carbocycles. The van der Waals surface area contributed by atoms with E-state index in [0.717, 1.165) is 0 Å². The van der Waals surface area contributed by atoms with Gasteiger partial charge in [-0.3, -0.25) is 0 Å².